The Labute approximate surface area is 178 Å². The van der Waals surface area contributed by atoms with Gasteiger partial charge in [-0.1, -0.05) is 24.3 Å². The summed E-state index contributed by atoms with van der Waals surface area (Å²) in [7, 11) is 0. The SMILES string of the molecule is Cc1c(C=Nc2cccc(O)c2)c(O)n(CCc2c[nH]c3ccccc23)c(=O)c1C#N. The summed E-state index contributed by atoms with van der Waals surface area (Å²) in [6.07, 6.45) is 3.78. The van der Waals surface area contributed by atoms with Crippen LogP contribution in [0, 0.1) is 18.3 Å². The summed E-state index contributed by atoms with van der Waals surface area (Å²) >= 11 is 0. The van der Waals surface area contributed by atoms with Gasteiger partial charge in [0.2, 0.25) is 5.88 Å². The number of benzene rings is 2. The maximum Gasteiger partial charge on any atom is 0.271 e. The van der Waals surface area contributed by atoms with E-state index in [0.717, 1.165) is 16.5 Å². The number of H-pyrrole nitrogens is 1. The third-order valence-corrected chi connectivity index (χ3v) is 5.30. The lowest BCUT2D eigenvalue weighted by molar-refractivity contribution is 0.404. The average Bonchev–Trinajstić information content (AvgIpc) is 3.17. The third-order valence-electron chi connectivity index (χ3n) is 5.30. The van der Waals surface area contributed by atoms with E-state index in [9.17, 15) is 20.3 Å². The number of para-hydroxylation sites is 1. The van der Waals surface area contributed by atoms with Crippen molar-refractivity contribution in [3.63, 3.8) is 0 Å². The minimum Gasteiger partial charge on any atom is -0.508 e. The molecule has 0 saturated heterocycles. The van der Waals surface area contributed by atoms with Gasteiger partial charge in [-0.2, -0.15) is 5.26 Å². The van der Waals surface area contributed by atoms with E-state index in [2.05, 4.69) is 9.98 Å². The van der Waals surface area contributed by atoms with E-state index in [1.807, 2.05) is 36.5 Å². The smallest absolute Gasteiger partial charge is 0.271 e. The Hall–Kier alpha value is -4.31. The molecular formula is C24H20N4O3. The van der Waals surface area contributed by atoms with Crippen LogP contribution in [0.4, 0.5) is 5.69 Å². The minimum absolute atomic E-state index is 0.0333. The van der Waals surface area contributed by atoms with Crippen LogP contribution in [-0.2, 0) is 13.0 Å². The number of pyridine rings is 1. The van der Waals surface area contributed by atoms with Crippen molar-refractivity contribution < 1.29 is 10.2 Å². The summed E-state index contributed by atoms with van der Waals surface area (Å²) < 4.78 is 1.21. The number of phenols is 1. The third kappa shape index (κ3) is 3.79. The molecule has 0 atom stereocenters. The van der Waals surface area contributed by atoms with Crippen LogP contribution in [0.25, 0.3) is 10.9 Å². The number of aryl methyl sites for hydroxylation is 1. The van der Waals surface area contributed by atoms with Crippen molar-refractivity contribution in [2.75, 3.05) is 0 Å². The van der Waals surface area contributed by atoms with Crippen LogP contribution in [0.15, 0.2) is 64.5 Å². The highest BCUT2D eigenvalue weighted by Gasteiger charge is 2.18. The molecule has 4 rings (SSSR count). The quantitative estimate of drug-likeness (QED) is 0.431. The van der Waals surface area contributed by atoms with Gasteiger partial charge in [-0.05, 0) is 42.7 Å². The predicted octanol–water partition coefficient (Wildman–Crippen LogP) is 3.91. The number of nitrogens with one attached hydrogen (secondary N) is 1. The maximum atomic E-state index is 12.8. The van der Waals surface area contributed by atoms with Gasteiger partial charge in [0, 0.05) is 35.9 Å². The molecule has 7 heteroatoms. The number of nitrogens with zero attached hydrogens (tertiary/aromatic N) is 3. The molecule has 4 aromatic rings. The number of nitriles is 1. The number of aromatic hydroxyl groups is 2. The summed E-state index contributed by atoms with van der Waals surface area (Å²) in [5.74, 6) is -0.178. The summed E-state index contributed by atoms with van der Waals surface area (Å²) in [6.45, 7) is 1.81. The van der Waals surface area contributed by atoms with E-state index in [-0.39, 0.29) is 23.7 Å². The fraction of sp³-hybridized carbons (Fsp3) is 0.125. The number of fused-ring (bicyclic) bond motifs is 1. The van der Waals surface area contributed by atoms with Gasteiger partial charge in [0.05, 0.1) is 11.3 Å². The van der Waals surface area contributed by atoms with Gasteiger partial charge in [0.25, 0.3) is 5.56 Å². The van der Waals surface area contributed by atoms with Crippen LogP contribution >= 0.6 is 0 Å². The van der Waals surface area contributed by atoms with Gasteiger partial charge in [0.15, 0.2) is 0 Å². The molecule has 2 aromatic carbocycles. The number of aromatic nitrogens is 2. The zero-order valence-electron chi connectivity index (χ0n) is 16.8. The first-order valence-corrected chi connectivity index (χ1v) is 9.74. The monoisotopic (exact) mass is 412 g/mol. The first kappa shape index (κ1) is 20.0. The lowest BCUT2D eigenvalue weighted by Crippen LogP contribution is -2.26. The summed E-state index contributed by atoms with van der Waals surface area (Å²) in [4.78, 5) is 20.3. The maximum absolute atomic E-state index is 12.8. The second kappa shape index (κ2) is 8.20. The van der Waals surface area contributed by atoms with Crippen LogP contribution < -0.4 is 5.56 Å². The summed E-state index contributed by atoms with van der Waals surface area (Å²) in [5, 5.41) is 31.0. The second-order valence-electron chi connectivity index (χ2n) is 7.19. The Morgan fingerprint density at radius 2 is 2.00 bits per heavy atom. The van der Waals surface area contributed by atoms with E-state index in [0.29, 0.717) is 23.2 Å². The molecule has 0 spiro atoms. The van der Waals surface area contributed by atoms with Gasteiger partial charge < -0.3 is 15.2 Å². The van der Waals surface area contributed by atoms with Crippen LogP contribution in [0.1, 0.15) is 22.3 Å². The number of rotatable bonds is 5. The standard InChI is InChI=1S/C24H20N4O3/c1-15-20(12-25)23(30)28(10-9-16-13-27-22-8-3-2-7-19(16)22)24(31)21(15)14-26-17-5-4-6-18(29)11-17/h2-8,11,13-14,27,29,31H,9-10H2,1H3. The van der Waals surface area contributed by atoms with Crippen molar-refractivity contribution in [3.8, 4) is 17.7 Å². The topological polar surface area (TPSA) is 114 Å². The van der Waals surface area contributed by atoms with Crippen LogP contribution in [0.3, 0.4) is 0 Å². The summed E-state index contributed by atoms with van der Waals surface area (Å²) in [5.41, 5.74) is 2.57. The minimum atomic E-state index is -0.535. The van der Waals surface area contributed by atoms with Crippen LogP contribution in [0.5, 0.6) is 11.6 Å². The van der Waals surface area contributed by atoms with E-state index in [4.69, 9.17) is 0 Å². The van der Waals surface area contributed by atoms with Gasteiger partial charge in [-0.25, -0.2) is 0 Å². The van der Waals surface area contributed by atoms with Crippen LogP contribution in [-0.4, -0.2) is 26.0 Å². The highest BCUT2D eigenvalue weighted by Crippen LogP contribution is 2.24. The molecule has 7 nitrogen and oxygen atoms in total. The van der Waals surface area contributed by atoms with E-state index in [1.54, 1.807) is 19.1 Å². The molecule has 3 N–H and O–H groups in total. The van der Waals surface area contributed by atoms with Crippen molar-refractivity contribution >= 4 is 22.8 Å². The highest BCUT2D eigenvalue weighted by atomic mass is 16.3. The Morgan fingerprint density at radius 1 is 1.19 bits per heavy atom. The molecule has 31 heavy (non-hydrogen) atoms. The molecule has 2 heterocycles. The molecular weight excluding hydrogens is 392 g/mol. The van der Waals surface area contributed by atoms with E-state index < -0.39 is 5.56 Å². The molecule has 0 amide bonds. The van der Waals surface area contributed by atoms with Gasteiger partial charge >= 0.3 is 0 Å². The molecule has 0 aliphatic heterocycles. The second-order valence-corrected chi connectivity index (χ2v) is 7.19. The van der Waals surface area contributed by atoms with Crippen molar-refractivity contribution in [2.45, 2.75) is 19.9 Å². The Kier molecular flexibility index (Phi) is 5.29. The molecule has 0 aliphatic rings. The molecule has 154 valence electrons. The fourth-order valence-electron chi connectivity index (χ4n) is 3.62. The van der Waals surface area contributed by atoms with Gasteiger partial charge in [-0.15, -0.1) is 0 Å². The lowest BCUT2D eigenvalue weighted by atomic mass is 10.1. The first-order valence-electron chi connectivity index (χ1n) is 9.74. The lowest BCUT2D eigenvalue weighted by Gasteiger charge is -2.14. The largest absolute Gasteiger partial charge is 0.508 e. The molecule has 0 aliphatic carbocycles. The zero-order chi connectivity index (χ0) is 22.0. The number of hydrogen-bond donors (Lipinski definition) is 3. The summed E-state index contributed by atoms with van der Waals surface area (Å²) in [6, 6.07) is 16.1. The molecule has 0 fully saturated rings. The van der Waals surface area contributed by atoms with Gasteiger partial charge in [-0.3, -0.25) is 14.4 Å². The highest BCUT2D eigenvalue weighted by molar-refractivity contribution is 5.87. The first-order chi connectivity index (χ1) is 15.0. The number of aliphatic imine (C=N–C) groups is 1. The van der Waals surface area contributed by atoms with Crippen molar-refractivity contribution in [1.82, 2.24) is 9.55 Å². The Balaban J connectivity index is 1.73. The average molecular weight is 412 g/mol. The van der Waals surface area contributed by atoms with E-state index in [1.165, 1.54) is 22.9 Å². The zero-order valence-corrected chi connectivity index (χ0v) is 16.8. The molecule has 0 bridgehead atoms. The van der Waals surface area contributed by atoms with Gasteiger partial charge in [0.1, 0.15) is 17.4 Å². The Bertz CT molecular complexity index is 1410. The molecule has 0 unspecified atom stereocenters. The molecule has 0 radical (unpaired) electrons. The number of hydrogen-bond acceptors (Lipinski definition) is 5. The van der Waals surface area contributed by atoms with Crippen molar-refractivity contribution in [2.24, 2.45) is 4.99 Å². The van der Waals surface area contributed by atoms with Crippen LogP contribution in [0.2, 0.25) is 0 Å². The Morgan fingerprint density at radius 3 is 2.77 bits per heavy atom. The van der Waals surface area contributed by atoms with E-state index >= 15 is 0 Å². The fourth-order valence-corrected chi connectivity index (χ4v) is 3.62. The van der Waals surface area contributed by atoms with Crippen molar-refractivity contribution in [3.05, 3.63) is 87.3 Å². The molecule has 0 saturated carbocycles. The number of aromatic amines is 1. The normalized spacial score (nSPS) is 11.2. The predicted molar refractivity (Wildman–Crippen MR) is 119 cm³/mol. The molecule has 2 aromatic heterocycles. The number of phenolic OH excluding ortho intramolecular Hbond substituents is 1. The van der Waals surface area contributed by atoms with Crippen molar-refractivity contribution in [1.29, 1.82) is 5.26 Å².